The Morgan fingerprint density at radius 3 is 2.28 bits per heavy atom. The molecule has 0 aliphatic heterocycles. The maximum Gasteiger partial charge on any atom is 0.326 e. The van der Waals surface area contributed by atoms with Gasteiger partial charge in [0.05, 0.1) is 0 Å². The molecule has 0 saturated heterocycles. The topological polar surface area (TPSA) is 84.5 Å². The van der Waals surface area contributed by atoms with Gasteiger partial charge in [-0.1, -0.05) is 63.2 Å². The minimum Gasteiger partial charge on any atom is -0.446 e. The van der Waals surface area contributed by atoms with Crippen molar-refractivity contribution in [1.29, 1.82) is 0 Å². The third-order valence-electron chi connectivity index (χ3n) is 4.32. The lowest BCUT2D eigenvalue weighted by Gasteiger charge is -2.20. The standard InChI is InChI=1S/C23H28N2O4/c1-15-11-12-16(2)18(13-15)25-21(27)20(17-9-7-6-8-10-17)29-19(26)14-24-22(28)23(3,4)5/h6-13,20H,14H2,1-5H3,(H,24,28)(H,25,27). The van der Waals surface area contributed by atoms with E-state index in [0.29, 0.717) is 11.3 Å². The van der Waals surface area contributed by atoms with Crippen molar-refractivity contribution >= 4 is 23.5 Å². The first-order valence-electron chi connectivity index (χ1n) is 9.49. The maximum atomic E-state index is 12.9. The highest BCUT2D eigenvalue weighted by atomic mass is 16.5. The molecule has 2 amide bonds. The minimum atomic E-state index is -1.13. The lowest BCUT2D eigenvalue weighted by Crippen LogP contribution is -2.39. The van der Waals surface area contributed by atoms with Crippen LogP contribution in [-0.4, -0.2) is 24.3 Å². The Bertz CT molecular complexity index is 885. The summed E-state index contributed by atoms with van der Waals surface area (Å²) >= 11 is 0. The van der Waals surface area contributed by atoms with Crippen LogP contribution in [0.2, 0.25) is 0 Å². The molecule has 0 aliphatic carbocycles. The van der Waals surface area contributed by atoms with Gasteiger partial charge in [0.15, 0.2) is 0 Å². The molecule has 0 heterocycles. The zero-order valence-corrected chi connectivity index (χ0v) is 17.5. The molecule has 2 aromatic carbocycles. The summed E-state index contributed by atoms with van der Waals surface area (Å²) in [4.78, 5) is 37.2. The summed E-state index contributed by atoms with van der Waals surface area (Å²) < 4.78 is 5.44. The summed E-state index contributed by atoms with van der Waals surface area (Å²) in [6.07, 6.45) is -1.13. The molecule has 0 aliphatic rings. The number of amides is 2. The van der Waals surface area contributed by atoms with E-state index in [-0.39, 0.29) is 12.5 Å². The largest absolute Gasteiger partial charge is 0.446 e. The second-order valence-electron chi connectivity index (χ2n) is 8.02. The van der Waals surface area contributed by atoms with Crippen molar-refractivity contribution in [3.8, 4) is 0 Å². The third kappa shape index (κ3) is 6.45. The normalized spacial score (nSPS) is 12.0. The molecule has 2 N–H and O–H groups in total. The van der Waals surface area contributed by atoms with Crippen LogP contribution in [0.5, 0.6) is 0 Å². The first kappa shape index (κ1) is 22.1. The van der Waals surface area contributed by atoms with E-state index < -0.39 is 23.4 Å². The number of nitrogens with one attached hydrogen (secondary N) is 2. The molecule has 154 valence electrons. The fourth-order valence-corrected chi connectivity index (χ4v) is 2.56. The Kier molecular flexibility index (Phi) is 7.15. The van der Waals surface area contributed by atoms with Gasteiger partial charge in [0.1, 0.15) is 6.54 Å². The fourth-order valence-electron chi connectivity index (χ4n) is 2.56. The number of hydrogen-bond acceptors (Lipinski definition) is 4. The van der Waals surface area contributed by atoms with Crippen LogP contribution in [0, 0.1) is 19.3 Å². The van der Waals surface area contributed by atoms with Gasteiger partial charge in [-0.25, -0.2) is 0 Å². The van der Waals surface area contributed by atoms with Crippen molar-refractivity contribution in [1.82, 2.24) is 5.32 Å². The third-order valence-corrected chi connectivity index (χ3v) is 4.32. The summed E-state index contributed by atoms with van der Waals surface area (Å²) in [6, 6.07) is 14.5. The van der Waals surface area contributed by atoms with E-state index in [9.17, 15) is 14.4 Å². The number of esters is 1. The van der Waals surface area contributed by atoms with Crippen LogP contribution in [0.15, 0.2) is 48.5 Å². The summed E-state index contributed by atoms with van der Waals surface area (Å²) in [6.45, 7) is 8.76. The first-order chi connectivity index (χ1) is 13.6. The van der Waals surface area contributed by atoms with Crippen LogP contribution in [0.1, 0.15) is 43.6 Å². The predicted molar refractivity (Wildman–Crippen MR) is 112 cm³/mol. The molecule has 0 saturated carbocycles. The fraction of sp³-hybridized carbons (Fsp3) is 0.348. The Balaban J connectivity index is 2.15. The van der Waals surface area contributed by atoms with Crippen LogP contribution < -0.4 is 10.6 Å². The lowest BCUT2D eigenvalue weighted by molar-refractivity contribution is -0.154. The lowest BCUT2D eigenvalue weighted by atomic mass is 9.96. The van der Waals surface area contributed by atoms with Gasteiger partial charge in [-0.15, -0.1) is 0 Å². The van der Waals surface area contributed by atoms with Crippen LogP contribution >= 0.6 is 0 Å². The van der Waals surface area contributed by atoms with Gasteiger partial charge >= 0.3 is 5.97 Å². The van der Waals surface area contributed by atoms with Crippen molar-refractivity contribution in [3.63, 3.8) is 0 Å². The molecule has 2 rings (SSSR count). The van der Waals surface area contributed by atoms with Crippen LogP contribution in [-0.2, 0) is 19.1 Å². The Morgan fingerprint density at radius 2 is 1.66 bits per heavy atom. The summed E-state index contributed by atoms with van der Waals surface area (Å²) in [7, 11) is 0. The number of hydrogen-bond donors (Lipinski definition) is 2. The van der Waals surface area contributed by atoms with E-state index in [0.717, 1.165) is 11.1 Å². The van der Waals surface area contributed by atoms with E-state index >= 15 is 0 Å². The van der Waals surface area contributed by atoms with Crippen molar-refractivity contribution in [2.45, 2.75) is 40.7 Å². The number of ether oxygens (including phenoxy) is 1. The molecular formula is C23H28N2O4. The molecule has 2 aromatic rings. The number of anilines is 1. The highest BCUT2D eigenvalue weighted by Gasteiger charge is 2.27. The van der Waals surface area contributed by atoms with Crippen LogP contribution in [0.4, 0.5) is 5.69 Å². The summed E-state index contributed by atoms with van der Waals surface area (Å²) in [5, 5.41) is 5.38. The van der Waals surface area contributed by atoms with Crippen LogP contribution in [0.3, 0.4) is 0 Å². The first-order valence-corrected chi connectivity index (χ1v) is 9.49. The number of rotatable bonds is 6. The Labute approximate surface area is 171 Å². The van der Waals surface area contributed by atoms with Gasteiger partial charge in [-0.05, 0) is 31.0 Å². The molecule has 1 unspecified atom stereocenters. The zero-order valence-electron chi connectivity index (χ0n) is 17.5. The number of carbonyl (C=O) groups excluding carboxylic acids is 3. The van der Waals surface area contributed by atoms with E-state index in [2.05, 4.69) is 10.6 Å². The van der Waals surface area contributed by atoms with Crippen molar-refractivity contribution < 1.29 is 19.1 Å². The second kappa shape index (κ2) is 9.37. The van der Waals surface area contributed by atoms with Crippen LogP contribution in [0.25, 0.3) is 0 Å². The molecule has 0 aromatic heterocycles. The monoisotopic (exact) mass is 396 g/mol. The van der Waals surface area contributed by atoms with Gasteiger partial charge in [-0.2, -0.15) is 0 Å². The predicted octanol–water partition coefficient (Wildman–Crippen LogP) is 3.69. The van der Waals surface area contributed by atoms with E-state index in [1.807, 2.05) is 38.1 Å². The van der Waals surface area contributed by atoms with Gasteiger partial charge in [0, 0.05) is 16.7 Å². The molecule has 0 bridgehead atoms. The molecule has 0 fully saturated rings. The zero-order chi connectivity index (χ0) is 21.6. The molecule has 0 radical (unpaired) electrons. The molecule has 6 heteroatoms. The highest BCUT2D eigenvalue weighted by Crippen LogP contribution is 2.23. The van der Waals surface area contributed by atoms with E-state index in [4.69, 9.17) is 4.74 Å². The maximum absolute atomic E-state index is 12.9. The Morgan fingerprint density at radius 1 is 1.00 bits per heavy atom. The van der Waals surface area contributed by atoms with E-state index in [1.54, 1.807) is 45.0 Å². The highest BCUT2D eigenvalue weighted by molar-refractivity contribution is 5.97. The smallest absolute Gasteiger partial charge is 0.326 e. The minimum absolute atomic E-state index is 0.273. The average Bonchev–Trinajstić information content (AvgIpc) is 2.66. The number of carbonyl (C=O) groups is 3. The van der Waals surface area contributed by atoms with E-state index in [1.165, 1.54) is 0 Å². The molecule has 6 nitrogen and oxygen atoms in total. The number of benzene rings is 2. The van der Waals surface area contributed by atoms with Gasteiger partial charge in [-0.3, -0.25) is 14.4 Å². The van der Waals surface area contributed by atoms with Crippen molar-refractivity contribution in [2.24, 2.45) is 5.41 Å². The second-order valence-corrected chi connectivity index (χ2v) is 8.02. The molecule has 1 atom stereocenters. The quantitative estimate of drug-likeness (QED) is 0.730. The number of aryl methyl sites for hydroxylation is 2. The average molecular weight is 396 g/mol. The van der Waals surface area contributed by atoms with Crippen molar-refractivity contribution in [3.05, 3.63) is 65.2 Å². The molecular weight excluding hydrogens is 368 g/mol. The summed E-state index contributed by atoms with van der Waals surface area (Å²) in [5.41, 5.74) is 2.49. The Hall–Kier alpha value is -3.15. The van der Waals surface area contributed by atoms with Gasteiger partial charge < -0.3 is 15.4 Å². The molecule has 0 spiro atoms. The SMILES string of the molecule is Cc1ccc(C)c(NC(=O)C(OC(=O)CNC(=O)C(C)(C)C)c2ccccc2)c1. The van der Waals surface area contributed by atoms with Crippen molar-refractivity contribution in [2.75, 3.05) is 11.9 Å². The van der Waals surface area contributed by atoms with Gasteiger partial charge in [0.25, 0.3) is 5.91 Å². The summed E-state index contributed by atoms with van der Waals surface area (Å²) in [5.74, 6) is -1.42. The molecule has 29 heavy (non-hydrogen) atoms. The van der Waals surface area contributed by atoms with Gasteiger partial charge in [0.2, 0.25) is 12.0 Å².